The summed E-state index contributed by atoms with van der Waals surface area (Å²) in [6, 6.07) is 14.0. The van der Waals surface area contributed by atoms with Crippen LogP contribution in [0.25, 0.3) is 0 Å². The standard InChI is InChI=1S/C19H21ClN2O3S/c1-13(2)25-17-9-7-16(8-10-17)22-19(24)12-26-11-18(23)21-15-5-3-14(20)4-6-15/h3-10,13H,11-12H2,1-2H3,(H,21,23)(H,22,24). The quantitative estimate of drug-likeness (QED) is 0.697. The third kappa shape index (κ3) is 7.37. The monoisotopic (exact) mass is 392 g/mol. The second-order valence-corrected chi connectivity index (χ2v) is 7.21. The molecule has 5 nitrogen and oxygen atoms in total. The van der Waals surface area contributed by atoms with Gasteiger partial charge >= 0.3 is 0 Å². The van der Waals surface area contributed by atoms with E-state index in [1.807, 2.05) is 26.0 Å². The zero-order chi connectivity index (χ0) is 18.9. The van der Waals surface area contributed by atoms with E-state index in [9.17, 15) is 9.59 Å². The van der Waals surface area contributed by atoms with Gasteiger partial charge in [0.25, 0.3) is 0 Å². The second kappa shape index (κ2) is 10.1. The van der Waals surface area contributed by atoms with Gasteiger partial charge in [0.1, 0.15) is 5.75 Å². The molecule has 138 valence electrons. The molecule has 0 spiro atoms. The Labute approximate surface area is 162 Å². The molecule has 26 heavy (non-hydrogen) atoms. The predicted molar refractivity (Wildman–Crippen MR) is 108 cm³/mol. The number of amides is 2. The normalized spacial score (nSPS) is 10.5. The van der Waals surface area contributed by atoms with Crippen LogP contribution in [0.4, 0.5) is 11.4 Å². The Morgan fingerprint density at radius 3 is 1.85 bits per heavy atom. The SMILES string of the molecule is CC(C)Oc1ccc(NC(=O)CSCC(=O)Nc2ccc(Cl)cc2)cc1. The van der Waals surface area contributed by atoms with Gasteiger partial charge in [0.2, 0.25) is 11.8 Å². The number of nitrogens with one attached hydrogen (secondary N) is 2. The van der Waals surface area contributed by atoms with Crippen LogP contribution in [0.3, 0.4) is 0 Å². The number of benzene rings is 2. The van der Waals surface area contributed by atoms with Crippen molar-refractivity contribution >= 4 is 46.6 Å². The van der Waals surface area contributed by atoms with Crippen LogP contribution in [-0.2, 0) is 9.59 Å². The maximum Gasteiger partial charge on any atom is 0.234 e. The molecule has 2 aromatic carbocycles. The number of anilines is 2. The maximum absolute atomic E-state index is 11.9. The molecule has 2 amide bonds. The summed E-state index contributed by atoms with van der Waals surface area (Å²) in [6.07, 6.45) is 0.103. The summed E-state index contributed by atoms with van der Waals surface area (Å²) in [5.41, 5.74) is 1.37. The predicted octanol–water partition coefficient (Wildman–Crippen LogP) is 4.44. The molecule has 0 aliphatic carbocycles. The summed E-state index contributed by atoms with van der Waals surface area (Å²) in [4.78, 5) is 23.8. The van der Waals surface area contributed by atoms with Crippen molar-refractivity contribution in [3.63, 3.8) is 0 Å². The molecule has 2 rings (SSSR count). The fourth-order valence-corrected chi connectivity index (χ4v) is 2.80. The summed E-state index contributed by atoms with van der Waals surface area (Å²) in [6.45, 7) is 3.91. The van der Waals surface area contributed by atoms with Crippen LogP contribution in [-0.4, -0.2) is 29.4 Å². The van der Waals surface area contributed by atoms with Crippen LogP contribution in [0, 0.1) is 0 Å². The van der Waals surface area contributed by atoms with Gasteiger partial charge in [0.15, 0.2) is 0 Å². The highest BCUT2D eigenvalue weighted by molar-refractivity contribution is 8.00. The van der Waals surface area contributed by atoms with Gasteiger partial charge in [-0.25, -0.2) is 0 Å². The highest BCUT2D eigenvalue weighted by Crippen LogP contribution is 2.17. The van der Waals surface area contributed by atoms with E-state index in [-0.39, 0.29) is 29.4 Å². The van der Waals surface area contributed by atoms with Gasteiger partial charge in [0.05, 0.1) is 17.6 Å². The Hall–Kier alpha value is -2.18. The number of rotatable bonds is 8. The number of halogens is 1. The van der Waals surface area contributed by atoms with E-state index in [1.165, 1.54) is 11.8 Å². The first kappa shape index (κ1) is 20.1. The highest BCUT2D eigenvalue weighted by atomic mass is 35.5. The Bertz CT molecular complexity index is 733. The van der Waals surface area contributed by atoms with E-state index in [0.717, 1.165) is 5.75 Å². The summed E-state index contributed by atoms with van der Waals surface area (Å²) in [5, 5.41) is 6.15. The molecule has 0 atom stereocenters. The number of carbonyl (C=O) groups is 2. The molecule has 7 heteroatoms. The van der Waals surface area contributed by atoms with E-state index >= 15 is 0 Å². The highest BCUT2D eigenvalue weighted by Gasteiger charge is 2.07. The smallest absolute Gasteiger partial charge is 0.234 e. The lowest BCUT2D eigenvalue weighted by Crippen LogP contribution is -2.18. The van der Waals surface area contributed by atoms with Crippen LogP contribution >= 0.6 is 23.4 Å². The Balaban J connectivity index is 1.69. The zero-order valence-electron chi connectivity index (χ0n) is 14.6. The van der Waals surface area contributed by atoms with E-state index < -0.39 is 0 Å². The van der Waals surface area contributed by atoms with Gasteiger partial charge in [0, 0.05) is 16.4 Å². The first-order chi connectivity index (χ1) is 12.4. The lowest BCUT2D eigenvalue weighted by atomic mass is 10.3. The Morgan fingerprint density at radius 1 is 0.923 bits per heavy atom. The molecule has 2 aromatic rings. The van der Waals surface area contributed by atoms with Gasteiger partial charge < -0.3 is 15.4 Å². The van der Waals surface area contributed by atoms with Crippen molar-refractivity contribution in [2.45, 2.75) is 20.0 Å². The average Bonchev–Trinajstić information content (AvgIpc) is 2.58. The second-order valence-electron chi connectivity index (χ2n) is 5.79. The van der Waals surface area contributed by atoms with Crippen molar-refractivity contribution in [3.8, 4) is 5.75 Å². The van der Waals surface area contributed by atoms with Gasteiger partial charge in [-0.2, -0.15) is 0 Å². The van der Waals surface area contributed by atoms with Crippen molar-refractivity contribution in [2.75, 3.05) is 22.1 Å². The molecule has 0 unspecified atom stereocenters. The van der Waals surface area contributed by atoms with Gasteiger partial charge in [-0.15, -0.1) is 11.8 Å². The van der Waals surface area contributed by atoms with Crippen LogP contribution in [0.1, 0.15) is 13.8 Å². The number of carbonyl (C=O) groups excluding carboxylic acids is 2. The molecule has 0 fully saturated rings. The molecule has 0 aliphatic heterocycles. The number of ether oxygens (including phenoxy) is 1. The lowest BCUT2D eigenvalue weighted by Gasteiger charge is -2.10. The van der Waals surface area contributed by atoms with Crippen molar-refractivity contribution in [3.05, 3.63) is 53.6 Å². The largest absolute Gasteiger partial charge is 0.491 e. The number of hydrogen-bond donors (Lipinski definition) is 2. The third-order valence-electron chi connectivity index (χ3n) is 3.10. The van der Waals surface area contributed by atoms with Crippen molar-refractivity contribution in [2.24, 2.45) is 0 Å². The first-order valence-electron chi connectivity index (χ1n) is 8.12. The minimum atomic E-state index is -0.166. The minimum absolute atomic E-state index is 0.103. The molecule has 0 heterocycles. The summed E-state index contributed by atoms with van der Waals surface area (Å²) >= 11 is 7.04. The van der Waals surface area contributed by atoms with Gasteiger partial charge in [-0.05, 0) is 62.4 Å². The molecule has 0 saturated carbocycles. The van der Waals surface area contributed by atoms with Crippen molar-refractivity contribution in [1.82, 2.24) is 0 Å². The lowest BCUT2D eigenvalue weighted by molar-refractivity contribution is -0.114. The van der Waals surface area contributed by atoms with E-state index in [1.54, 1.807) is 36.4 Å². The molecule has 0 aliphatic rings. The molecule has 0 aromatic heterocycles. The van der Waals surface area contributed by atoms with Crippen LogP contribution < -0.4 is 15.4 Å². The molecule has 0 radical (unpaired) electrons. The summed E-state index contributed by atoms with van der Waals surface area (Å²) in [7, 11) is 0. The van der Waals surface area contributed by atoms with Crippen molar-refractivity contribution < 1.29 is 14.3 Å². The van der Waals surface area contributed by atoms with Crippen LogP contribution in [0.15, 0.2) is 48.5 Å². The summed E-state index contributed by atoms with van der Waals surface area (Å²) in [5.74, 6) is 0.813. The first-order valence-corrected chi connectivity index (χ1v) is 9.65. The van der Waals surface area contributed by atoms with E-state index in [4.69, 9.17) is 16.3 Å². The number of hydrogen-bond acceptors (Lipinski definition) is 4. The fourth-order valence-electron chi connectivity index (χ4n) is 2.05. The third-order valence-corrected chi connectivity index (χ3v) is 4.29. The van der Waals surface area contributed by atoms with Crippen molar-refractivity contribution in [1.29, 1.82) is 0 Å². The molecule has 0 saturated heterocycles. The summed E-state index contributed by atoms with van der Waals surface area (Å²) < 4.78 is 5.55. The Kier molecular flexibility index (Phi) is 7.81. The van der Waals surface area contributed by atoms with E-state index in [2.05, 4.69) is 10.6 Å². The maximum atomic E-state index is 11.9. The fraction of sp³-hybridized carbons (Fsp3) is 0.263. The molecule has 0 bridgehead atoms. The number of thioether (sulfide) groups is 1. The van der Waals surface area contributed by atoms with Gasteiger partial charge in [-0.1, -0.05) is 11.6 Å². The minimum Gasteiger partial charge on any atom is -0.491 e. The zero-order valence-corrected chi connectivity index (χ0v) is 16.2. The molecular formula is C19H21ClN2O3S. The average molecular weight is 393 g/mol. The Morgan fingerprint density at radius 2 is 1.38 bits per heavy atom. The van der Waals surface area contributed by atoms with Crippen LogP contribution in [0.5, 0.6) is 5.75 Å². The van der Waals surface area contributed by atoms with Gasteiger partial charge in [-0.3, -0.25) is 9.59 Å². The molecule has 2 N–H and O–H groups in total. The topological polar surface area (TPSA) is 67.4 Å². The van der Waals surface area contributed by atoms with E-state index in [0.29, 0.717) is 16.4 Å². The van der Waals surface area contributed by atoms with Crippen LogP contribution in [0.2, 0.25) is 5.02 Å². The molecular weight excluding hydrogens is 372 g/mol.